The molecule has 0 radical (unpaired) electrons. The van der Waals surface area contributed by atoms with E-state index in [0.29, 0.717) is 16.5 Å². The molecule has 4 rings (SSSR count). The Morgan fingerprint density at radius 1 is 1.06 bits per heavy atom. The highest BCUT2D eigenvalue weighted by atomic mass is 32.1. The number of carbonyl (C=O) groups is 3. The first-order chi connectivity index (χ1) is 14.9. The van der Waals surface area contributed by atoms with Crippen molar-refractivity contribution in [3.05, 3.63) is 58.5 Å². The van der Waals surface area contributed by atoms with Crippen LogP contribution in [-0.4, -0.2) is 22.9 Å². The van der Waals surface area contributed by atoms with E-state index in [1.54, 1.807) is 0 Å². The van der Waals surface area contributed by atoms with Crippen molar-refractivity contribution in [2.24, 2.45) is 5.92 Å². The van der Waals surface area contributed by atoms with Gasteiger partial charge in [0.15, 0.2) is 0 Å². The predicted octanol–water partition coefficient (Wildman–Crippen LogP) is 5.08. The number of aliphatic carboxylic acids is 1. The van der Waals surface area contributed by atoms with Gasteiger partial charge in [0, 0.05) is 22.4 Å². The molecule has 1 heterocycles. The van der Waals surface area contributed by atoms with Crippen LogP contribution < -0.4 is 10.6 Å². The van der Waals surface area contributed by atoms with Gasteiger partial charge in [-0.05, 0) is 42.2 Å². The number of thiophene rings is 1. The molecule has 1 aromatic heterocycles. The van der Waals surface area contributed by atoms with Crippen LogP contribution in [0.2, 0.25) is 0 Å². The average molecular weight is 437 g/mol. The molecule has 2 aromatic carbocycles. The van der Waals surface area contributed by atoms with Crippen LogP contribution in [0.1, 0.15) is 47.0 Å². The lowest BCUT2D eigenvalue weighted by molar-refractivity contribution is -0.138. The fourth-order valence-electron chi connectivity index (χ4n) is 4.01. The van der Waals surface area contributed by atoms with Crippen molar-refractivity contribution in [1.29, 1.82) is 0 Å². The number of fused-ring (bicyclic) bond motifs is 2. The van der Waals surface area contributed by atoms with Gasteiger partial charge in [-0.2, -0.15) is 0 Å². The number of hydrogen-bond acceptors (Lipinski definition) is 4. The van der Waals surface area contributed by atoms with Crippen LogP contribution in [0.15, 0.2) is 42.5 Å². The zero-order valence-electron chi connectivity index (χ0n) is 17.2. The Hall–Kier alpha value is -3.19. The number of carboxylic acid groups (broad SMARTS) is 1. The number of anilines is 2. The van der Waals surface area contributed by atoms with E-state index < -0.39 is 11.9 Å². The fourth-order valence-corrected chi connectivity index (χ4v) is 5.43. The summed E-state index contributed by atoms with van der Waals surface area (Å²) in [5.41, 5.74) is 2.22. The van der Waals surface area contributed by atoms with E-state index in [1.165, 1.54) is 11.3 Å². The largest absolute Gasteiger partial charge is 0.481 e. The molecule has 1 aliphatic carbocycles. The third-order valence-electron chi connectivity index (χ3n) is 5.60. The molecule has 31 heavy (non-hydrogen) atoms. The molecule has 0 bridgehead atoms. The van der Waals surface area contributed by atoms with Gasteiger partial charge >= 0.3 is 5.97 Å². The quantitative estimate of drug-likeness (QED) is 0.502. The van der Waals surface area contributed by atoms with Crippen molar-refractivity contribution < 1.29 is 19.5 Å². The highest BCUT2D eigenvalue weighted by molar-refractivity contribution is 7.17. The Kier molecular flexibility index (Phi) is 6.04. The van der Waals surface area contributed by atoms with Gasteiger partial charge in [-0.15, -0.1) is 11.3 Å². The summed E-state index contributed by atoms with van der Waals surface area (Å²) in [6.45, 7) is 2.18. The molecule has 160 valence electrons. The van der Waals surface area contributed by atoms with Crippen LogP contribution in [-0.2, 0) is 22.4 Å². The third kappa shape index (κ3) is 4.61. The number of carbonyl (C=O) groups excluding carboxylic acids is 2. The van der Waals surface area contributed by atoms with E-state index in [9.17, 15) is 14.4 Å². The minimum atomic E-state index is -1.02. The summed E-state index contributed by atoms with van der Waals surface area (Å²) in [6.07, 6.45) is 2.28. The van der Waals surface area contributed by atoms with Gasteiger partial charge < -0.3 is 15.7 Å². The number of amides is 2. The fraction of sp³-hybridized carbons (Fsp3) is 0.292. The van der Waals surface area contributed by atoms with E-state index in [-0.39, 0.29) is 18.7 Å². The number of rotatable bonds is 6. The van der Waals surface area contributed by atoms with Gasteiger partial charge in [0.05, 0.1) is 12.0 Å². The van der Waals surface area contributed by atoms with Crippen LogP contribution in [0.4, 0.5) is 10.7 Å². The summed E-state index contributed by atoms with van der Waals surface area (Å²) in [6, 6.07) is 13.6. The first kappa shape index (κ1) is 21.1. The molecule has 7 heteroatoms. The van der Waals surface area contributed by atoms with Gasteiger partial charge in [0.1, 0.15) is 5.00 Å². The number of benzene rings is 2. The number of carboxylic acids is 1. The summed E-state index contributed by atoms with van der Waals surface area (Å²) in [7, 11) is 0. The molecule has 0 saturated heterocycles. The lowest BCUT2D eigenvalue weighted by atomic mass is 9.88. The highest BCUT2D eigenvalue weighted by Gasteiger charge is 2.28. The maximum Gasteiger partial charge on any atom is 0.303 e. The molecule has 3 N–H and O–H groups in total. The van der Waals surface area contributed by atoms with Crippen molar-refractivity contribution in [2.75, 3.05) is 10.6 Å². The van der Waals surface area contributed by atoms with Crippen LogP contribution >= 0.6 is 11.3 Å². The molecule has 0 fully saturated rings. The van der Waals surface area contributed by atoms with Gasteiger partial charge in [0.2, 0.25) is 5.91 Å². The van der Waals surface area contributed by atoms with Crippen molar-refractivity contribution in [2.45, 2.75) is 39.0 Å². The second-order valence-electron chi connectivity index (χ2n) is 7.98. The molecule has 0 spiro atoms. The Balaban J connectivity index is 1.66. The van der Waals surface area contributed by atoms with E-state index in [0.717, 1.165) is 46.2 Å². The molecular weight excluding hydrogens is 412 g/mol. The molecule has 1 unspecified atom stereocenters. The van der Waals surface area contributed by atoms with Crippen LogP contribution in [0.5, 0.6) is 0 Å². The molecule has 1 atom stereocenters. The summed E-state index contributed by atoms with van der Waals surface area (Å²) in [4.78, 5) is 37.6. The van der Waals surface area contributed by atoms with E-state index >= 15 is 0 Å². The maximum absolute atomic E-state index is 13.4. The minimum Gasteiger partial charge on any atom is -0.481 e. The standard InChI is InChI=1S/C24H24N2O4S/c1-14-9-10-17-19(13-14)31-24(26-20(27)11-12-21(28)29)22(17)23(30)25-18-8-4-6-15-5-2-3-7-16(15)18/h2-8,14H,9-13H2,1H3,(H,25,30)(H,26,27)(H,28,29). The molecule has 3 aromatic rings. The second-order valence-corrected chi connectivity index (χ2v) is 9.08. The Morgan fingerprint density at radius 3 is 2.65 bits per heavy atom. The van der Waals surface area contributed by atoms with Gasteiger partial charge in [0.25, 0.3) is 5.91 Å². The van der Waals surface area contributed by atoms with Crippen LogP contribution in [0.3, 0.4) is 0 Å². The van der Waals surface area contributed by atoms with Crippen molar-refractivity contribution in [3.8, 4) is 0 Å². The second kappa shape index (κ2) is 8.89. The van der Waals surface area contributed by atoms with Gasteiger partial charge in [-0.3, -0.25) is 14.4 Å². The zero-order chi connectivity index (χ0) is 22.0. The zero-order valence-corrected chi connectivity index (χ0v) is 18.1. The lowest BCUT2D eigenvalue weighted by Crippen LogP contribution is -2.19. The summed E-state index contributed by atoms with van der Waals surface area (Å²) in [5, 5.41) is 17.2. The van der Waals surface area contributed by atoms with E-state index in [2.05, 4.69) is 17.6 Å². The normalized spacial score (nSPS) is 15.3. The highest BCUT2D eigenvalue weighted by Crippen LogP contribution is 2.40. The Labute approximate surface area is 184 Å². The topological polar surface area (TPSA) is 95.5 Å². The number of nitrogens with one attached hydrogen (secondary N) is 2. The molecular formula is C24H24N2O4S. The lowest BCUT2D eigenvalue weighted by Gasteiger charge is -2.19. The molecule has 0 saturated carbocycles. The van der Waals surface area contributed by atoms with Gasteiger partial charge in [-0.1, -0.05) is 43.3 Å². The first-order valence-electron chi connectivity index (χ1n) is 10.4. The minimum absolute atomic E-state index is 0.126. The predicted molar refractivity (Wildman–Crippen MR) is 123 cm³/mol. The van der Waals surface area contributed by atoms with Gasteiger partial charge in [-0.25, -0.2) is 0 Å². The monoisotopic (exact) mass is 436 g/mol. The SMILES string of the molecule is CC1CCc2c(sc(NC(=O)CCC(=O)O)c2C(=O)Nc2cccc3ccccc23)C1. The molecule has 6 nitrogen and oxygen atoms in total. The summed E-state index contributed by atoms with van der Waals surface area (Å²) in [5.74, 6) is -1.15. The Bertz CT molecular complexity index is 1160. The van der Waals surface area contributed by atoms with Crippen LogP contribution in [0, 0.1) is 5.92 Å². The number of hydrogen-bond donors (Lipinski definition) is 3. The first-order valence-corrected chi connectivity index (χ1v) is 11.2. The molecule has 2 amide bonds. The summed E-state index contributed by atoms with van der Waals surface area (Å²) >= 11 is 1.43. The van der Waals surface area contributed by atoms with Crippen LogP contribution in [0.25, 0.3) is 10.8 Å². The third-order valence-corrected chi connectivity index (χ3v) is 6.77. The smallest absolute Gasteiger partial charge is 0.303 e. The molecule has 0 aliphatic heterocycles. The van der Waals surface area contributed by atoms with Crippen molar-refractivity contribution >= 4 is 50.6 Å². The van der Waals surface area contributed by atoms with E-state index in [1.807, 2.05) is 42.5 Å². The van der Waals surface area contributed by atoms with E-state index in [4.69, 9.17) is 5.11 Å². The van der Waals surface area contributed by atoms with Crippen molar-refractivity contribution in [3.63, 3.8) is 0 Å². The average Bonchev–Trinajstić information content (AvgIpc) is 3.09. The summed E-state index contributed by atoms with van der Waals surface area (Å²) < 4.78 is 0. The maximum atomic E-state index is 13.4. The Morgan fingerprint density at radius 2 is 1.84 bits per heavy atom. The van der Waals surface area contributed by atoms with Crippen molar-refractivity contribution in [1.82, 2.24) is 0 Å². The molecule has 1 aliphatic rings.